The Kier molecular flexibility index (Phi) is 10.8. The molecule has 0 saturated carbocycles. The molecule has 3 aromatic carbocycles. The molecule has 3 rings (SSSR count). The number of amides is 2. The number of nitrogens with one attached hydrogen (secondary N) is 2. The van der Waals surface area contributed by atoms with Crippen molar-refractivity contribution in [2.75, 3.05) is 10.6 Å². The van der Waals surface area contributed by atoms with Crippen LogP contribution in [0.1, 0.15) is 58.2 Å². The number of rotatable bonds is 5. The van der Waals surface area contributed by atoms with Gasteiger partial charge in [0.1, 0.15) is 29.3 Å². The first-order chi connectivity index (χ1) is 18.1. The lowest BCUT2D eigenvalue weighted by Gasteiger charge is -2.20. The lowest BCUT2D eigenvalue weighted by atomic mass is 10.2. The third kappa shape index (κ3) is 12.3. The highest BCUT2D eigenvalue weighted by Crippen LogP contribution is 2.27. The smallest absolute Gasteiger partial charge is 0.412 e. The largest absolute Gasteiger partial charge is 0.506 e. The minimum Gasteiger partial charge on any atom is -0.506 e. The number of hydrogen-bond donors (Lipinski definition) is 3. The van der Waals surface area contributed by atoms with Crippen LogP contribution in [-0.2, 0) is 16.1 Å². The summed E-state index contributed by atoms with van der Waals surface area (Å²) in [5, 5.41) is 14.8. The number of carbonyl (C=O) groups excluding carboxylic acids is 2. The summed E-state index contributed by atoms with van der Waals surface area (Å²) in [6.07, 6.45) is -1.07. The molecule has 0 bridgehead atoms. The van der Waals surface area contributed by atoms with Crippen LogP contribution in [0.15, 0.2) is 66.7 Å². The van der Waals surface area contributed by atoms with Gasteiger partial charge in [-0.25, -0.2) is 9.59 Å². The Labute approximate surface area is 231 Å². The van der Waals surface area contributed by atoms with E-state index in [4.69, 9.17) is 14.2 Å². The van der Waals surface area contributed by atoms with Crippen LogP contribution >= 0.6 is 0 Å². The lowest BCUT2D eigenvalue weighted by Crippen LogP contribution is -2.27. The van der Waals surface area contributed by atoms with E-state index in [-0.39, 0.29) is 5.75 Å². The lowest BCUT2D eigenvalue weighted by molar-refractivity contribution is 0.0624. The van der Waals surface area contributed by atoms with Crippen LogP contribution in [0.2, 0.25) is 0 Å². The normalized spacial score (nSPS) is 11.0. The fraction of sp³-hybridized carbons (Fsp3) is 0.355. The standard InChI is InChI=1S/C19H23NO3.C12H17NO3/c1-14-10-11-16(20-18(21)23-19(2,3)4)17(12-14)22-13-15-8-6-5-7-9-15;1-8-5-6-9(10(14)7-8)13-11(15)16-12(2,3)4/h5-12H,13H2,1-4H3,(H,20,21);5-7,14H,1-4H3,(H,13,15). The van der Waals surface area contributed by atoms with E-state index in [1.54, 1.807) is 39.0 Å². The molecule has 0 unspecified atom stereocenters. The second kappa shape index (κ2) is 13.6. The maximum atomic E-state index is 12.0. The van der Waals surface area contributed by atoms with Gasteiger partial charge in [-0.2, -0.15) is 0 Å². The summed E-state index contributed by atoms with van der Waals surface area (Å²) >= 11 is 0. The van der Waals surface area contributed by atoms with Crippen molar-refractivity contribution in [3.05, 3.63) is 83.4 Å². The van der Waals surface area contributed by atoms with Crippen LogP contribution in [-0.4, -0.2) is 28.5 Å². The van der Waals surface area contributed by atoms with Crippen molar-refractivity contribution in [2.45, 2.75) is 73.2 Å². The number of aromatic hydroxyl groups is 1. The van der Waals surface area contributed by atoms with Gasteiger partial charge in [0, 0.05) is 0 Å². The van der Waals surface area contributed by atoms with Crippen LogP contribution in [0.3, 0.4) is 0 Å². The third-order valence-electron chi connectivity index (χ3n) is 4.80. The predicted molar refractivity (Wildman–Crippen MR) is 155 cm³/mol. The molecule has 0 saturated heterocycles. The van der Waals surface area contributed by atoms with Crippen molar-refractivity contribution in [3.8, 4) is 11.5 Å². The molecule has 0 aliphatic carbocycles. The van der Waals surface area contributed by atoms with E-state index in [0.29, 0.717) is 23.7 Å². The number of aryl methyl sites for hydroxylation is 2. The van der Waals surface area contributed by atoms with E-state index in [1.807, 2.05) is 83.1 Å². The fourth-order valence-electron chi connectivity index (χ4n) is 3.16. The highest BCUT2D eigenvalue weighted by molar-refractivity contribution is 5.87. The molecule has 0 aliphatic rings. The van der Waals surface area contributed by atoms with Crippen molar-refractivity contribution in [3.63, 3.8) is 0 Å². The zero-order valence-electron chi connectivity index (χ0n) is 24.0. The molecule has 0 atom stereocenters. The highest BCUT2D eigenvalue weighted by Gasteiger charge is 2.18. The summed E-state index contributed by atoms with van der Waals surface area (Å²) in [5.41, 5.74) is 2.90. The maximum absolute atomic E-state index is 12.0. The summed E-state index contributed by atoms with van der Waals surface area (Å²) in [5.74, 6) is 0.658. The van der Waals surface area contributed by atoms with Gasteiger partial charge in [-0.1, -0.05) is 42.5 Å². The van der Waals surface area contributed by atoms with Gasteiger partial charge >= 0.3 is 12.2 Å². The Hall–Kier alpha value is -4.20. The SMILES string of the molecule is Cc1ccc(NC(=O)OC(C)(C)C)c(O)c1.Cc1ccc(NC(=O)OC(C)(C)C)c(OCc2ccccc2)c1. The molecular formula is C31H40N2O6. The second-order valence-corrected chi connectivity index (χ2v) is 11.0. The van der Waals surface area contributed by atoms with Crippen LogP contribution in [0.25, 0.3) is 0 Å². The van der Waals surface area contributed by atoms with E-state index in [2.05, 4.69) is 10.6 Å². The molecule has 2 amide bonds. The van der Waals surface area contributed by atoms with Crippen molar-refractivity contribution in [1.82, 2.24) is 0 Å². The molecule has 0 fully saturated rings. The summed E-state index contributed by atoms with van der Waals surface area (Å²) in [6, 6.07) is 20.5. The topological polar surface area (TPSA) is 106 Å². The van der Waals surface area contributed by atoms with Gasteiger partial charge in [-0.3, -0.25) is 10.6 Å². The maximum Gasteiger partial charge on any atom is 0.412 e. The molecule has 210 valence electrons. The molecule has 0 radical (unpaired) electrons. The van der Waals surface area contributed by atoms with Crippen molar-refractivity contribution < 1.29 is 28.9 Å². The average molecular weight is 537 g/mol. The highest BCUT2D eigenvalue weighted by atomic mass is 16.6. The first kappa shape index (κ1) is 31.0. The van der Waals surface area contributed by atoms with Crippen molar-refractivity contribution in [1.29, 1.82) is 0 Å². The van der Waals surface area contributed by atoms with Crippen LogP contribution in [0, 0.1) is 13.8 Å². The predicted octanol–water partition coefficient (Wildman–Crippen LogP) is 7.97. The number of benzene rings is 3. The molecule has 0 aliphatic heterocycles. The van der Waals surface area contributed by atoms with Gasteiger partial charge in [0.2, 0.25) is 0 Å². The number of carbonyl (C=O) groups is 2. The summed E-state index contributed by atoms with van der Waals surface area (Å²) < 4.78 is 16.2. The average Bonchev–Trinajstić information content (AvgIpc) is 2.80. The monoisotopic (exact) mass is 536 g/mol. The summed E-state index contributed by atoms with van der Waals surface area (Å²) in [4.78, 5) is 23.4. The van der Waals surface area contributed by atoms with E-state index < -0.39 is 23.4 Å². The van der Waals surface area contributed by atoms with Gasteiger partial charge in [0.05, 0.1) is 11.4 Å². The van der Waals surface area contributed by atoms with Crippen molar-refractivity contribution >= 4 is 23.6 Å². The first-order valence-electron chi connectivity index (χ1n) is 12.7. The molecule has 39 heavy (non-hydrogen) atoms. The minimum atomic E-state index is -0.577. The Morgan fingerprint density at radius 3 is 1.72 bits per heavy atom. The molecular weight excluding hydrogens is 496 g/mol. The van der Waals surface area contributed by atoms with Crippen LogP contribution in [0.4, 0.5) is 21.0 Å². The van der Waals surface area contributed by atoms with E-state index in [0.717, 1.165) is 16.7 Å². The Morgan fingerprint density at radius 1 is 0.718 bits per heavy atom. The molecule has 0 heterocycles. The van der Waals surface area contributed by atoms with Gasteiger partial charge in [-0.15, -0.1) is 0 Å². The number of ether oxygens (including phenoxy) is 3. The summed E-state index contributed by atoms with van der Waals surface area (Å²) in [7, 11) is 0. The third-order valence-corrected chi connectivity index (χ3v) is 4.80. The second-order valence-electron chi connectivity index (χ2n) is 11.0. The molecule has 3 aromatic rings. The molecule has 8 nitrogen and oxygen atoms in total. The van der Waals surface area contributed by atoms with Crippen LogP contribution in [0.5, 0.6) is 11.5 Å². The quantitative estimate of drug-likeness (QED) is 0.286. The molecule has 0 aromatic heterocycles. The Morgan fingerprint density at radius 2 is 1.21 bits per heavy atom. The molecule has 3 N–H and O–H groups in total. The zero-order valence-corrected chi connectivity index (χ0v) is 24.0. The van der Waals surface area contributed by atoms with E-state index in [9.17, 15) is 14.7 Å². The minimum absolute atomic E-state index is 0.0332. The zero-order chi connectivity index (χ0) is 29.2. The van der Waals surface area contributed by atoms with Crippen molar-refractivity contribution in [2.24, 2.45) is 0 Å². The molecule has 0 spiro atoms. The number of phenols is 1. The fourth-order valence-corrected chi connectivity index (χ4v) is 3.16. The van der Waals surface area contributed by atoms with E-state index in [1.165, 1.54) is 0 Å². The van der Waals surface area contributed by atoms with E-state index >= 15 is 0 Å². The van der Waals surface area contributed by atoms with Gasteiger partial charge in [-0.05, 0) is 96.3 Å². The van der Waals surface area contributed by atoms with Gasteiger partial charge in [0.15, 0.2) is 0 Å². The number of hydrogen-bond acceptors (Lipinski definition) is 6. The van der Waals surface area contributed by atoms with Crippen LogP contribution < -0.4 is 15.4 Å². The number of phenolic OH excluding ortho intramolecular Hbond substituents is 1. The van der Waals surface area contributed by atoms with Gasteiger partial charge in [0.25, 0.3) is 0 Å². The summed E-state index contributed by atoms with van der Waals surface area (Å²) in [6.45, 7) is 15.1. The molecule has 8 heteroatoms. The number of anilines is 2. The van der Waals surface area contributed by atoms with Gasteiger partial charge < -0.3 is 19.3 Å². The Balaban J connectivity index is 0.000000293. The Bertz CT molecular complexity index is 1240. The first-order valence-corrected chi connectivity index (χ1v) is 12.7.